The van der Waals surface area contributed by atoms with Crippen molar-refractivity contribution >= 4 is 15.7 Å². The third-order valence-corrected chi connectivity index (χ3v) is 4.67. The van der Waals surface area contributed by atoms with E-state index in [4.69, 9.17) is 5.73 Å². The van der Waals surface area contributed by atoms with E-state index in [1.165, 1.54) is 5.56 Å². The number of pyridine rings is 1. The summed E-state index contributed by atoms with van der Waals surface area (Å²) in [4.78, 5) is 4.50. The monoisotopic (exact) mass is 331 g/mol. The van der Waals surface area contributed by atoms with Gasteiger partial charge in [0.15, 0.2) is 0 Å². The number of anilines is 1. The number of aryl methyl sites for hydroxylation is 1. The van der Waals surface area contributed by atoms with Crippen molar-refractivity contribution in [2.24, 2.45) is 11.7 Å². The largest absolute Gasteiger partial charge is 0.327 e. The Kier molecular flexibility index (Phi) is 4.37. The lowest BCUT2D eigenvalue weighted by molar-refractivity contribution is 0.607. The molecule has 6 heteroatoms. The highest BCUT2D eigenvalue weighted by Crippen LogP contribution is 2.32. The van der Waals surface area contributed by atoms with E-state index in [9.17, 15) is 8.42 Å². The summed E-state index contributed by atoms with van der Waals surface area (Å²) >= 11 is 0. The Morgan fingerprint density at radius 1 is 1.30 bits per heavy atom. The minimum atomic E-state index is -3.28. The zero-order chi connectivity index (χ0) is 16.4. The quantitative estimate of drug-likeness (QED) is 0.851. The molecule has 1 aromatic carbocycles. The molecule has 1 unspecified atom stereocenters. The number of hydrogen-bond donors (Lipinski definition) is 2. The summed E-state index contributed by atoms with van der Waals surface area (Å²) < 4.78 is 25.1. The van der Waals surface area contributed by atoms with Crippen molar-refractivity contribution in [3.63, 3.8) is 0 Å². The van der Waals surface area contributed by atoms with Gasteiger partial charge in [-0.05, 0) is 48.9 Å². The van der Waals surface area contributed by atoms with Crippen LogP contribution in [0.5, 0.6) is 0 Å². The first-order valence-electron chi connectivity index (χ1n) is 7.69. The minimum absolute atomic E-state index is 0.396. The third kappa shape index (κ3) is 4.53. The molecule has 2 aromatic rings. The van der Waals surface area contributed by atoms with E-state index in [0.29, 0.717) is 17.6 Å². The number of hydrogen-bond acceptors (Lipinski definition) is 4. The second-order valence-electron chi connectivity index (χ2n) is 6.21. The van der Waals surface area contributed by atoms with Crippen LogP contribution in [-0.4, -0.2) is 25.7 Å². The maximum absolute atomic E-state index is 11.3. The Bertz CT molecular complexity index is 788. The normalized spacial score (nSPS) is 20.3. The van der Waals surface area contributed by atoms with Crippen LogP contribution in [0, 0.1) is 5.92 Å². The van der Waals surface area contributed by atoms with Gasteiger partial charge in [0, 0.05) is 23.5 Å². The van der Waals surface area contributed by atoms with Crippen molar-refractivity contribution in [3.05, 3.63) is 48.2 Å². The van der Waals surface area contributed by atoms with Crippen molar-refractivity contribution < 1.29 is 8.42 Å². The van der Waals surface area contributed by atoms with Crippen LogP contribution in [0.15, 0.2) is 42.6 Å². The van der Waals surface area contributed by atoms with Crippen LogP contribution >= 0.6 is 0 Å². The Morgan fingerprint density at radius 3 is 2.70 bits per heavy atom. The molecular formula is C17H21N3O2S. The first kappa shape index (κ1) is 16.0. The molecule has 0 spiro atoms. The second-order valence-corrected chi connectivity index (χ2v) is 7.95. The number of nitrogens with two attached hydrogens (primary N) is 1. The fraction of sp³-hybridized carbons (Fsp3) is 0.353. The average molecular weight is 331 g/mol. The predicted octanol–water partition coefficient (Wildman–Crippen LogP) is 2.40. The molecule has 1 aliphatic rings. The van der Waals surface area contributed by atoms with Gasteiger partial charge in [0.25, 0.3) is 0 Å². The van der Waals surface area contributed by atoms with E-state index in [2.05, 4.69) is 15.8 Å². The molecule has 5 nitrogen and oxygen atoms in total. The van der Waals surface area contributed by atoms with Gasteiger partial charge in [-0.1, -0.05) is 18.2 Å². The fourth-order valence-corrected chi connectivity index (χ4v) is 3.21. The van der Waals surface area contributed by atoms with E-state index >= 15 is 0 Å². The highest BCUT2D eigenvalue weighted by Gasteiger charge is 2.32. The van der Waals surface area contributed by atoms with Gasteiger partial charge in [0.2, 0.25) is 10.0 Å². The standard InChI is InChI=1S/C17H21N3O2S/c1-23(21,22)20-15-4-2-3-14(9-15)17-8-6-12(11-19-17)5-7-13-10-16(13)18/h2-4,6,8-9,11,13,16,20H,5,7,10,18H2,1H3/t13?,16-/m0/s1. The number of nitrogens with one attached hydrogen (secondary N) is 1. The average Bonchev–Trinajstić information content (AvgIpc) is 3.20. The maximum atomic E-state index is 11.3. The van der Waals surface area contributed by atoms with E-state index in [-0.39, 0.29) is 0 Å². The summed E-state index contributed by atoms with van der Waals surface area (Å²) in [5.74, 6) is 0.674. The highest BCUT2D eigenvalue weighted by atomic mass is 32.2. The van der Waals surface area contributed by atoms with Crippen LogP contribution in [0.2, 0.25) is 0 Å². The topological polar surface area (TPSA) is 85.1 Å². The number of benzene rings is 1. The van der Waals surface area contributed by atoms with Crippen molar-refractivity contribution in [2.75, 3.05) is 11.0 Å². The first-order valence-corrected chi connectivity index (χ1v) is 9.58. The van der Waals surface area contributed by atoms with Crippen LogP contribution < -0.4 is 10.5 Å². The number of nitrogens with zero attached hydrogens (tertiary/aromatic N) is 1. The molecule has 1 aliphatic carbocycles. The van der Waals surface area contributed by atoms with Crippen molar-refractivity contribution in [3.8, 4) is 11.3 Å². The summed E-state index contributed by atoms with van der Waals surface area (Å²) in [6.45, 7) is 0. The molecule has 2 atom stereocenters. The minimum Gasteiger partial charge on any atom is -0.327 e. The molecule has 0 aliphatic heterocycles. The predicted molar refractivity (Wildman–Crippen MR) is 92.5 cm³/mol. The molecule has 0 amide bonds. The Hall–Kier alpha value is -1.92. The van der Waals surface area contributed by atoms with Gasteiger partial charge in [-0.2, -0.15) is 0 Å². The maximum Gasteiger partial charge on any atom is 0.229 e. The van der Waals surface area contributed by atoms with Crippen molar-refractivity contribution in [1.82, 2.24) is 4.98 Å². The lowest BCUT2D eigenvalue weighted by Crippen LogP contribution is -2.09. The molecule has 0 bridgehead atoms. The number of sulfonamides is 1. The van der Waals surface area contributed by atoms with E-state index in [1.54, 1.807) is 12.1 Å². The summed E-state index contributed by atoms with van der Waals surface area (Å²) in [6.07, 6.45) is 6.29. The zero-order valence-corrected chi connectivity index (χ0v) is 13.9. The van der Waals surface area contributed by atoms with Crippen LogP contribution in [0.1, 0.15) is 18.4 Å². The molecule has 3 rings (SSSR count). The Balaban J connectivity index is 1.70. The summed E-state index contributed by atoms with van der Waals surface area (Å²) in [5, 5.41) is 0. The van der Waals surface area contributed by atoms with E-state index < -0.39 is 10.0 Å². The van der Waals surface area contributed by atoms with Gasteiger partial charge in [0.05, 0.1) is 11.9 Å². The molecule has 1 aromatic heterocycles. The smallest absolute Gasteiger partial charge is 0.229 e. The Morgan fingerprint density at radius 2 is 2.09 bits per heavy atom. The van der Waals surface area contributed by atoms with E-state index in [1.807, 2.05) is 24.4 Å². The van der Waals surface area contributed by atoms with Crippen molar-refractivity contribution in [2.45, 2.75) is 25.3 Å². The molecule has 122 valence electrons. The lowest BCUT2D eigenvalue weighted by atomic mass is 10.1. The third-order valence-electron chi connectivity index (χ3n) is 4.07. The molecule has 0 radical (unpaired) electrons. The first-order chi connectivity index (χ1) is 10.9. The molecule has 23 heavy (non-hydrogen) atoms. The molecule has 3 N–H and O–H groups in total. The molecule has 1 fully saturated rings. The van der Waals surface area contributed by atoms with Gasteiger partial charge in [0.1, 0.15) is 0 Å². The van der Waals surface area contributed by atoms with E-state index in [0.717, 1.165) is 36.8 Å². The summed E-state index contributed by atoms with van der Waals surface area (Å²) in [6, 6.07) is 11.7. The van der Waals surface area contributed by atoms with Gasteiger partial charge in [-0.3, -0.25) is 9.71 Å². The van der Waals surface area contributed by atoms with Crippen LogP contribution in [0.25, 0.3) is 11.3 Å². The zero-order valence-electron chi connectivity index (χ0n) is 13.1. The molecule has 1 saturated carbocycles. The summed E-state index contributed by atoms with van der Waals surface area (Å²) in [5.41, 5.74) is 9.28. The van der Waals surface area contributed by atoms with Crippen molar-refractivity contribution in [1.29, 1.82) is 0 Å². The van der Waals surface area contributed by atoms with Gasteiger partial charge >= 0.3 is 0 Å². The van der Waals surface area contributed by atoms with Gasteiger partial charge in [-0.15, -0.1) is 0 Å². The molecule has 1 heterocycles. The lowest BCUT2D eigenvalue weighted by Gasteiger charge is -2.07. The van der Waals surface area contributed by atoms with Crippen LogP contribution in [0.4, 0.5) is 5.69 Å². The Labute approximate surface area is 137 Å². The second kappa shape index (κ2) is 6.29. The SMILES string of the molecule is CS(=O)(=O)Nc1cccc(-c2ccc(CCC3C[C@@H]3N)cn2)c1. The van der Waals surface area contributed by atoms with Gasteiger partial charge in [-0.25, -0.2) is 8.42 Å². The van der Waals surface area contributed by atoms with Gasteiger partial charge < -0.3 is 5.73 Å². The van der Waals surface area contributed by atoms with Crippen LogP contribution in [0.3, 0.4) is 0 Å². The molecule has 0 saturated heterocycles. The van der Waals surface area contributed by atoms with Crippen LogP contribution in [-0.2, 0) is 16.4 Å². The highest BCUT2D eigenvalue weighted by molar-refractivity contribution is 7.92. The summed E-state index contributed by atoms with van der Waals surface area (Å²) in [7, 11) is -3.28. The molecular weight excluding hydrogens is 310 g/mol. The number of rotatable bonds is 6. The number of aromatic nitrogens is 1. The fourth-order valence-electron chi connectivity index (χ4n) is 2.65.